The van der Waals surface area contributed by atoms with Crippen molar-refractivity contribution in [3.63, 3.8) is 0 Å². The van der Waals surface area contributed by atoms with Crippen LogP contribution in [0.2, 0.25) is 0 Å². The van der Waals surface area contributed by atoms with E-state index in [0.29, 0.717) is 0 Å². The molecule has 2 rings (SSSR count). The minimum atomic E-state index is 1.10. The molecular weight excluding hydrogens is 284 g/mol. The van der Waals surface area contributed by atoms with Crippen LogP contribution in [-0.2, 0) is 0 Å². The molecule has 2 aromatic carbocycles. The van der Waals surface area contributed by atoms with E-state index in [2.05, 4.69) is 49.4 Å². The average molecular weight is 314 g/mol. The summed E-state index contributed by atoms with van der Waals surface area (Å²) in [6, 6.07) is 15.3. The summed E-state index contributed by atoms with van der Waals surface area (Å²) in [6.07, 6.45) is 12.1. The van der Waals surface area contributed by atoms with Gasteiger partial charge in [0.05, 0.1) is 0 Å². The summed E-state index contributed by atoms with van der Waals surface area (Å²) in [6.45, 7) is 3.89. The molecule has 2 aromatic rings. The van der Waals surface area contributed by atoms with E-state index < -0.39 is 0 Å². The van der Waals surface area contributed by atoms with E-state index in [0.717, 1.165) is 6.42 Å². The Bertz CT molecular complexity index is 527. The van der Waals surface area contributed by atoms with Crippen molar-refractivity contribution in [1.29, 1.82) is 0 Å². The van der Waals surface area contributed by atoms with E-state index in [9.17, 15) is 0 Å². The van der Waals surface area contributed by atoms with Crippen LogP contribution in [0.4, 0.5) is 0 Å². The maximum atomic E-state index is 3.89. The van der Waals surface area contributed by atoms with Gasteiger partial charge in [-0.3, -0.25) is 0 Å². The van der Waals surface area contributed by atoms with E-state index in [1.807, 2.05) is 11.8 Å². The van der Waals surface area contributed by atoms with Crippen LogP contribution in [0.3, 0.4) is 0 Å². The second kappa shape index (κ2) is 10.7. The SMILES string of the molecule is [CH2]CCCCCCCCCCSc1cccc2ccccc12. The Morgan fingerprint density at radius 1 is 0.682 bits per heavy atom. The first-order valence-electron chi connectivity index (χ1n) is 8.81. The minimum absolute atomic E-state index is 1.10. The number of unbranched alkanes of at least 4 members (excludes halogenated alkanes) is 8. The van der Waals surface area contributed by atoms with Crippen molar-refractivity contribution in [2.75, 3.05) is 5.75 Å². The third kappa shape index (κ3) is 6.04. The van der Waals surface area contributed by atoms with Crippen LogP contribution in [0.15, 0.2) is 47.4 Å². The lowest BCUT2D eigenvalue weighted by Crippen LogP contribution is -1.84. The first-order chi connectivity index (χ1) is 10.9. The van der Waals surface area contributed by atoms with Crippen LogP contribution in [-0.4, -0.2) is 5.75 Å². The molecule has 0 saturated carbocycles. The average Bonchev–Trinajstić information content (AvgIpc) is 2.56. The Hall–Kier alpha value is -0.950. The maximum absolute atomic E-state index is 3.89. The Kier molecular flexibility index (Phi) is 8.48. The molecule has 22 heavy (non-hydrogen) atoms. The standard InChI is InChI=1S/C21H29S/c1-2-3-4-5-6-7-8-9-12-18-22-21-17-13-15-19-14-10-11-16-20(19)21/h10-11,13-17H,1-9,12,18H2. The van der Waals surface area contributed by atoms with Gasteiger partial charge >= 0.3 is 0 Å². The second-order valence-electron chi connectivity index (χ2n) is 6.01. The zero-order chi connectivity index (χ0) is 15.5. The molecule has 1 heteroatoms. The van der Waals surface area contributed by atoms with Crippen LogP contribution >= 0.6 is 11.8 Å². The van der Waals surface area contributed by atoms with Crippen molar-refractivity contribution in [2.24, 2.45) is 0 Å². The van der Waals surface area contributed by atoms with Crippen molar-refractivity contribution in [2.45, 2.75) is 62.7 Å². The number of rotatable bonds is 11. The molecule has 0 bridgehead atoms. The molecule has 0 aliphatic carbocycles. The third-order valence-electron chi connectivity index (χ3n) is 4.15. The fraction of sp³-hybridized carbons (Fsp3) is 0.476. The second-order valence-corrected chi connectivity index (χ2v) is 7.14. The van der Waals surface area contributed by atoms with E-state index in [1.54, 1.807) is 0 Å². The highest BCUT2D eigenvalue weighted by Crippen LogP contribution is 2.28. The van der Waals surface area contributed by atoms with E-state index in [1.165, 1.54) is 72.8 Å². The lowest BCUT2D eigenvalue weighted by molar-refractivity contribution is 0.578. The van der Waals surface area contributed by atoms with E-state index in [-0.39, 0.29) is 0 Å². The molecule has 0 atom stereocenters. The predicted molar refractivity (Wildman–Crippen MR) is 102 cm³/mol. The van der Waals surface area contributed by atoms with Gasteiger partial charge in [-0.25, -0.2) is 0 Å². The molecule has 0 fully saturated rings. The van der Waals surface area contributed by atoms with Gasteiger partial charge in [-0.05, 0) is 29.0 Å². The highest BCUT2D eigenvalue weighted by Gasteiger charge is 2.00. The summed E-state index contributed by atoms with van der Waals surface area (Å²) in [5, 5.41) is 2.76. The monoisotopic (exact) mass is 313 g/mol. The molecule has 0 aromatic heterocycles. The van der Waals surface area contributed by atoms with Gasteiger partial charge in [0.1, 0.15) is 0 Å². The van der Waals surface area contributed by atoms with Gasteiger partial charge in [0.25, 0.3) is 0 Å². The summed E-state index contributed by atoms with van der Waals surface area (Å²) in [7, 11) is 0. The summed E-state index contributed by atoms with van der Waals surface area (Å²) in [5.41, 5.74) is 0. The topological polar surface area (TPSA) is 0 Å². The summed E-state index contributed by atoms with van der Waals surface area (Å²) in [5.74, 6) is 1.25. The number of hydrogen-bond acceptors (Lipinski definition) is 1. The quantitative estimate of drug-likeness (QED) is 0.310. The van der Waals surface area contributed by atoms with Gasteiger partial charge in [-0.1, -0.05) is 94.7 Å². The normalized spacial score (nSPS) is 11.1. The van der Waals surface area contributed by atoms with Crippen LogP contribution < -0.4 is 0 Å². The third-order valence-corrected chi connectivity index (χ3v) is 5.31. The molecule has 0 aliphatic heterocycles. The number of benzene rings is 2. The smallest absolute Gasteiger partial charge is 0.0150 e. The largest absolute Gasteiger partial charge is 0.126 e. The predicted octanol–water partition coefficient (Wildman–Crippen LogP) is 7.28. The van der Waals surface area contributed by atoms with Crippen molar-refractivity contribution in [3.05, 3.63) is 49.4 Å². The maximum Gasteiger partial charge on any atom is 0.0150 e. The molecule has 0 N–H and O–H groups in total. The zero-order valence-corrected chi connectivity index (χ0v) is 14.5. The highest BCUT2D eigenvalue weighted by molar-refractivity contribution is 7.99. The van der Waals surface area contributed by atoms with Crippen molar-refractivity contribution in [1.82, 2.24) is 0 Å². The van der Waals surface area contributed by atoms with Crippen molar-refractivity contribution < 1.29 is 0 Å². The minimum Gasteiger partial charge on any atom is -0.126 e. The lowest BCUT2D eigenvalue weighted by Gasteiger charge is -2.06. The summed E-state index contributed by atoms with van der Waals surface area (Å²) >= 11 is 2.02. The first kappa shape index (κ1) is 17.4. The van der Waals surface area contributed by atoms with Crippen molar-refractivity contribution in [3.8, 4) is 0 Å². The van der Waals surface area contributed by atoms with Gasteiger partial charge < -0.3 is 0 Å². The van der Waals surface area contributed by atoms with Crippen LogP contribution in [0.1, 0.15) is 57.8 Å². The molecule has 1 radical (unpaired) electrons. The molecule has 0 nitrogen and oxygen atoms in total. The fourth-order valence-electron chi connectivity index (χ4n) is 2.84. The Morgan fingerprint density at radius 3 is 2.09 bits per heavy atom. The summed E-state index contributed by atoms with van der Waals surface area (Å²) in [4.78, 5) is 1.44. The van der Waals surface area contributed by atoms with E-state index >= 15 is 0 Å². The molecule has 0 aliphatic rings. The number of thioether (sulfide) groups is 1. The Labute approximate surface area is 140 Å². The Morgan fingerprint density at radius 2 is 1.32 bits per heavy atom. The fourth-order valence-corrected chi connectivity index (χ4v) is 3.93. The van der Waals surface area contributed by atoms with Gasteiger partial charge in [0.2, 0.25) is 0 Å². The van der Waals surface area contributed by atoms with Crippen LogP contribution in [0, 0.1) is 6.92 Å². The molecule has 0 saturated heterocycles. The summed E-state index contributed by atoms with van der Waals surface area (Å²) < 4.78 is 0. The van der Waals surface area contributed by atoms with E-state index in [4.69, 9.17) is 0 Å². The molecular formula is C21H29S. The van der Waals surface area contributed by atoms with Gasteiger partial charge in [0, 0.05) is 4.90 Å². The number of fused-ring (bicyclic) bond motifs is 1. The van der Waals surface area contributed by atoms with Crippen LogP contribution in [0.25, 0.3) is 10.8 Å². The van der Waals surface area contributed by atoms with Crippen LogP contribution in [0.5, 0.6) is 0 Å². The van der Waals surface area contributed by atoms with Crippen molar-refractivity contribution >= 4 is 22.5 Å². The Balaban J connectivity index is 1.59. The molecule has 0 heterocycles. The highest BCUT2D eigenvalue weighted by atomic mass is 32.2. The van der Waals surface area contributed by atoms with Gasteiger partial charge in [-0.2, -0.15) is 0 Å². The lowest BCUT2D eigenvalue weighted by atomic mass is 10.1. The first-order valence-corrected chi connectivity index (χ1v) is 9.80. The van der Waals surface area contributed by atoms with Gasteiger partial charge in [0.15, 0.2) is 0 Å². The molecule has 0 unspecified atom stereocenters. The molecule has 119 valence electrons. The number of hydrogen-bond donors (Lipinski definition) is 0. The van der Waals surface area contributed by atoms with Gasteiger partial charge in [-0.15, -0.1) is 11.8 Å². The molecule has 0 spiro atoms. The zero-order valence-electron chi connectivity index (χ0n) is 13.7. The molecule has 0 amide bonds.